The molecule has 0 saturated carbocycles. The summed E-state index contributed by atoms with van der Waals surface area (Å²) in [5.41, 5.74) is 4.53. The third kappa shape index (κ3) is 3.85. The number of carbonyl (C=O) groups is 1. The number of fused-ring (bicyclic) bond motifs is 1. The third-order valence-electron chi connectivity index (χ3n) is 4.94. The molecular weight excluding hydrogens is 416 g/mol. The lowest BCUT2D eigenvalue weighted by molar-refractivity contribution is 0.0985. The number of nitrogens with zero attached hydrogens (tertiary/aromatic N) is 4. The highest BCUT2D eigenvalue weighted by atomic mass is 32.2. The molecular formula is C22H22N4O2S2. The van der Waals surface area contributed by atoms with Crippen LogP contribution in [0.2, 0.25) is 0 Å². The van der Waals surface area contributed by atoms with E-state index in [4.69, 9.17) is 9.51 Å². The van der Waals surface area contributed by atoms with E-state index >= 15 is 0 Å². The van der Waals surface area contributed by atoms with Crippen LogP contribution in [0.25, 0.3) is 10.2 Å². The van der Waals surface area contributed by atoms with Crippen LogP contribution in [-0.2, 0) is 5.75 Å². The number of rotatable bonds is 6. The van der Waals surface area contributed by atoms with Gasteiger partial charge in [-0.3, -0.25) is 9.69 Å². The SMILES string of the molecule is CCN(C(=O)c1cccnc1SCc1c(C)noc1C)c1nc2c(C)cccc2s1. The van der Waals surface area contributed by atoms with E-state index in [-0.39, 0.29) is 5.91 Å². The molecule has 0 N–H and O–H groups in total. The number of aromatic nitrogens is 3. The summed E-state index contributed by atoms with van der Waals surface area (Å²) in [6, 6.07) is 9.71. The fourth-order valence-electron chi connectivity index (χ4n) is 3.22. The molecule has 1 aromatic carbocycles. The monoisotopic (exact) mass is 438 g/mol. The van der Waals surface area contributed by atoms with Gasteiger partial charge in [-0.25, -0.2) is 9.97 Å². The predicted molar refractivity (Wildman–Crippen MR) is 121 cm³/mol. The molecule has 8 heteroatoms. The second kappa shape index (κ2) is 8.57. The molecule has 0 aliphatic rings. The summed E-state index contributed by atoms with van der Waals surface area (Å²) in [6.07, 6.45) is 1.71. The van der Waals surface area contributed by atoms with Gasteiger partial charge in [0.25, 0.3) is 5.91 Å². The number of carbonyl (C=O) groups excluding carboxylic acids is 1. The van der Waals surface area contributed by atoms with Crippen LogP contribution < -0.4 is 4.90 Å². The van der Waals surface area contributed by atoms with E-state index in [1.54, 1.807) is 17.2 Å². The third-order valence-corrected chi connectivity index (χ3v) is 7.01. The number of thiazole rings is 1. The van der Waals surface area contributed by atoms with Crippen LogP contribution in [0.15, 0.2) is 46.1 Å². The molecule has 0 spiro atoms. The van der Waals surface area contributed by atoms with Gasteiger partial charge in [0, 0.05) is 24.1 Å². The molecule has 0 unspecified atom stereocenters. The largest absolute Gasteiger partial charge is 0.361 e. The van der Waals surface area contributed by atoms with E-state index in [9.17, 15) is 4.79 Å². The molecule has 154 valence electrons. The Hall–Kier alpha value is -2.71. The van der Waals surface area contributed by atoms with Crippen molar-refractivity contribution in [3.63, 3.8) is 0 Å². The number of hydrogen-bond donors (Lipinski definition) is 0. The van der Waals surface area contributed by atoms with Crippen LogP contribution in [0.3, 0.4) is 0 Å². The fourth-order valence-corrected chi connectivity index (χ4v) is 5.46. The highest BCUT2D eigenvalue weighted by Crippen LogP contribution is 2.33. The maximum Gasteiger partial charge on any atom is 0.262 e. The van der Waals surface area contributed by atoms with E-state index < -0.39 is 0 Å². The average molecular weight is 439 g/mol. The molecule has 1 amide bonds. The molecule has 0 bridgehead atoms. The van der Waals surface area contributed by atoms with Gasteiger partial charge in [0.05, 0.1) is 21.5 Å². The highest BCUT2D eigenvalue weighted by molar-refractivity contribution is 7.98. The second-order valence-electron chi connectivity index (χ2n) is 6.92. The zero-order chi connectivity index (χ0) is 21.3. The molecule has 0 fully saturated rings. The van der Waals surface area contributed by atoms with E-state index in [1.807, 2.05) is 52.0 Å². The minimum atomic E-state index is -0.0939. The van der Waals surface area contributed by atoms with Gasteiger partial charge < -0.3 is 4.52 Å². The highest BCUT2D eigenvalue weighted by Gasteiger charge is 2.23. The molecule has 0 aliphatic heterocycles. The Morgan fingerprint density at radius 1 is 1.20 bits per heavy atom. The zero-order valence-electron chi connectivity index (χ0n) is 17.3. The van der Waals surface area contributed by atoms with Crippen molar-refractivity contribution < 1.29 is 9.32 Å². The minimum Gasteiger partial charge on any atom is -0.361 e. The lowest BCUT2D eigenvalue weighted by atomic mass is 10.2. The number of amides is 1. The Kier molecular flexibility index (Phi) is 5.87. The van der Waals surface area contributed by atoms with Gasteiger partial charge in [-0.15, -0.1) is 11.8 Å². The maximum absolute atomic E-state index is 13.5. The molecule has 0 radical (unpaired) electrons. The van der Waals surface area contributed by atoms with E-state index in [1.165, 1.54) is 23.1 Å². The van der Waals surface area contributed by atoms with Crippen molar-refractivity contribution in [2.24, 2.45) is 0 Å². The molecule has 4 rings (SSSR count). The topological polar surface area (TPSA) is 72.1 Å². The van der Waals surface area contributed by atoms with Crippen molar-refractivity contribution in [3.8, 4) is 0 Å². The van der Waals surface area contributed by atoms with Gasteiger partial charge in [0.15, 0.2) is 5.13 Å². The summed E-state index contributed by atoms with van der Waals surface area (Å²) in [6.45, 7) is 8.35. The fraction of sp³-hybridized carbons (Fsp3) is 0.273. The predicted octanol–water partition coefficient (Wildman–Crippen LogP) is 5.56. The Morgan fingerprint density at radius 2 is 2.03 bits per heavy atom. The summed E-state index contributed by atoms with van der Waals surface area (Å²) >= 11 is 3.05. The Morgan fingerprint density at radius 3 is 2.73 bits per heavy atom. The molecule has 3 aromatic heterocycles. The van der Waals surface area contributed by atoms with Crippen molar-refractivity contribution >= 4 is 44.4 Å². The molecule has 6 nitrogen and oxygen atoms in total. The Balaban J connectivity index is 1.63. The Bertz CT molecular complexity index is 1200. The second-order valence-corrected chi connectivity index (χ2v) is 8.89. The summed E-state index contributed by atoms with van der Waals surface area (Å²) in [5, 5.41) is 5.40. The molecule has 30 heavy (non-hydrogen) atoms. The molecule has 0 atom stereocenters. The molecule has 0 aliphatic carbocycles. The summed E-state index contributed by atoms with van der Waals surface area (Å²) in [5.74, 6) is 1.35. The maximum atomic E-state index is 13.5. The number of hydrogen-bond acceptors (Lipinski definition) is 7. The molecule has 3 heterocycles. The van der Waals surface area contributed by atoms with Crippen molar-refractivity contribution in [2.45, 2.75) is 38.5 Å². The molecule has 4 aromatic rings. The standard InChI is InChI=1S/C22H22N4O2S2/c1-5-26(22-24-19-13(2)8-6-10-18(19)30-22)21(27)16-9-7-11-23-20(16)29-12-17-14(3)25-28-15(17)4/h6-11H,5,12H2,1-4H3. The van der Waals surface area contributed by atoms with E-state index in [0.717, 1.165) is 32.8 Å². The number of anilines is 1. The first-order valence-electron chi connectivity index (χ1n) is 9.67. The Labute approximate surface area is 183 Å². The summed E-state index contributed by atoms with van der Waals surface area (Å²) in [7, 11) is 0. The van der Waals surface area contributed by atoms with Gasteiger partial charge in [-0.05, 0) is 51.5 Å². The van der Waals surface area contributed by atoms with Gasteiger partial charge in [-0.1, -0.05) is 28.6 Å². The quantitative estimate of drug-likeness (QED) is 0.367. The van der Waals surface area contributed by atoms with Crippen LogP contribution in [0.4, 0.5) is 5.13 Å². The van der Waals surface area contributed by atoms with Gasteiger partial charge >= 0.3 is 0 Å². The smallest absolute Gasteiger partial charge is 0.262 e. The van der Waals surface area contributed by atoms with Crippen molar-refractivity contribution in [1.29, 1.82) is 0 Å². The van der Waals surface area contributed by atoms with Crippen molar-refractivity contribution in [3.05, 3.63) is 64.7 Å². The number of thioether (sulfide) groups is 1. The van der Waals surface area contributed by atoms with Crippen LogP contribution in [0.1, 0.15) is 39.9 Å². The van der Waals surface area contributed by atoms with E-state index in [0.29, 0.717) is 28.0 Å². The lowest BCUT2D eigenvalue weighted by Gasteiger charge is -2.19. The van der Waals surface area contributed by atoms with Crippen LogP contribution in [-0.4, -0.2) is 27.6 Å². The zero-order valence-corrected chi connectivity index (χ0v) is 18.9. The normalized spacial score (nSPS) is 11.2. The summed E-state index contributed by atoms with van der Waals surface area (Å²) < 4.78 is 6.33. The van der Waals surface area contributed by atoms with Crippen LogP contribution >= 0.6 is 23.1 Å². The van der Waals surface area contributed by atoms with Gasteiger partial charge in [0.1, 0.15) is 10.8 Å². The first-order valence-corrected chi connectivity index (χ1v) is 11.5. The lowest BCUT2D eigenvalue weighted by Crippen LogP contribution is -2.31. The van der Waals surface area contributed by atoms with Crippen molar-refractivity contribution in [2.75, 3.05) is 11.4 Å². The van der Waals surface area contributed by atoms with Gasteiger partial charge in [-0.2, -0.15) is 0 Å². The van der Waals surface area contributed by atoms with Crippen molar-refractivity contribution in [1.82, 2.24) is 15.1 Å². The number of aryl methyl sites for hydroxylation is 3. The number of para-hydroxylation sites is 1. The first kappa shape index (κ1) is 20.6. The average Bonchev–Trinajstić information content (AvgIpc) is 3.31. The van der Waals surface area contributed by atoms with E-state index in [2.05, 4.69) is 10.1 Å². The number of pyridine rings is 1. The number of benzene rings is 1. The first-order chi connectivity index (χ1) is 14.5. The summed E-state index contributed by atoms with van der Waals surface area (Å²) in [4.78, 5) is 24.4. The van der Waals surface area contributed by atoms with Crippen LogP contribution in [0.5, 0.6) is 0 Å². The molecule has 0 saturated heterocycles. The van der Waals surface area contributed by atoms with Crippen LogP contribution in [0, 0.1) is 20.8 Å². The minimum absolute atomic E-state index is 0.0939. The van der Waals surface area contributed by atoms with Gasteiger partial charge in [0.2, 0.25) is 0 Å².